The van der Waals surface area contributed by atoms with Crippen molar-refractivity contribution >= 4 is 23.2 Å². The van der Waals surface area contributed by atoms with Crippen LogP contribution in [-0.2, 0) is 0 Å². The maximum Gasteiger partial charge on any atom is 0.274 e. The third-order valence-corrected chi connectivity index (χ3v) is 2.47. The molecule has 1 aromatic carbocycles. The van der Waals surface area contributed by atoms with E-state index in [1.807, 2.05) is 0 Å². The van der Waals surface area contributed by atoms with Gasteiger partial charge in [0.2, 0.25) is 0 Å². The zero-order chi connectivity index (χ0) is 13.1. The minimum absolute atomic E-state index is 0.0745. The SMILES string of the molecule is O=C(Nc1ccc(O)c(Cl)c1)c1ccc(F)cn1. The van der Waals surface area contributed by atoms with E-state index in [2.05, 4.69) is 10.3 Å². The summed E-state index contributed by atoms with van der Waals surface area (Å²) < 4.78 is 12.6. The minimum atomic E-state index is -0.515. The van der Waals surface area contributed by atoms with Crippen molar-refractivity contribution < 1.29 is 14.3 Å². The zero-order valence-corrected chi connectivity index (χ0v) is 9.78. The van der Waals surface area contributed by atoms with Crippen molar-refractivity contribution in [2.75, 3.05) is 5.32 Å². The Balaban J connectivity index is 2.16. The third-order valence-electron chi connectivity index (χ3n) is 2.17. The monoisotopic (exact) mass is 266 g/mol. The quantitative estimate of drug-likeness (QED) is 0.822. The van der Waals surface area contributed by atoms with E-state index in [-0.39, 0.29) is 16.5 Å². The van der Waals surface area contributed by atoms with Crippen molar-refractivity contribution in [1.29, 1.82) is 0 Å². The molecule has 1 aromatic heterocycles. The van der Waals surface area contributed by atoms with Crippen molar-refractivity contribution in [3.05, 3.63) is 53.1 Å². The van der Waals surface area contributed by atoms with Crippen LogP contribution in [0.5, 0.6) is 5.75 Å². The number of anilines is 1. The van der Waals surface area contributed by atoms with E-state index in [4.69, 9.17) is 11.6 Å². The molecule has 2 N–H and O–H groups in total. The van der Waals surface area contributed by atoms with Crippen LogP contribution < -0.4 is 5.32 Å². The van der Waals surface area contributed by atoms with E-state index in [1.54, 1.807) is 0 Å². The highest BCUT2D eigenvalue weighted by Gasteiger charge is 2.08. The minimum Gasteiger partial charge on any atom is -0.506 e. The Hall–Kier alpha value is -2.14. The van der Waals surface area contributed by atoms with Crippen molar-refractivity contribution in [3.63, 3.8) is 0 Å². The standard InChI is InChI=1S/C12H8ClFN2O2/c13-9-5-8(2-4-11(9)17)16-12(18)10-3-1-7(14)6-15-10/h1-6,17H,(H,16,18). The van der Waals surface area contributed by atoms with Gasteiger partial charge < -0.3 is 10.4 Å². The average molecular weight is 267 g/mol. The van der Waals surface area contributed by atoms with Crippen molar-refractivity contribution in [3.8, 4) is 5.75 Å². The molecule has 4 nitrogen and oxygen atoms in total. The van der Waals surface area contributed by atoms with Gasteiger partial charge in [-0.3, -0.25) is 4.79 Å². The number of pyridine rings is 1. The van der Waals surface area contributed by atoms with Crippen LogP contribution in [0.25, 0.3) is 0 Å². The predicted molar refractivity (Wildman–Crippen MR) is 65.3 cm³/mol. The van der Waals surface area contributed by atoms with E-state index in [9.17, 15) is 14.3 Å². The Bertz CT molecular complexity index is 587. The summed E-state index contributed by atoms with van der Waals surface area (Å²) in [5.41, 5.74) is 0.495. The fourth-order valence-electron chi connectivity index (χ4n) is 1.29. The summed E-state index contributed by atoms with van der Waals surface area (Å²) in [4.78, 5) is 15.4. The molecule has 0 radical (unpaired) electrons. The number of hydrogen-bond donors (Lipinski definition) is 2. The van der Waals surface area contributed by atoms with Gasteiger partial charge in [-0.25, -0.2) is 9.37 Å². The summed E-state index contributed by atoms with van der Waals surface area (Å²) in [6.45, 7) is 0. The molecule has 1 amide bonds. The maximum absolute atomic E-state index is 12.6. The highest BCUT2D eigenvalue weighted by atomic mass is 35.5. The molecule has 0 aliphatic rings. The van der Waals surface area contributed by atoms with E-state index in [0.29, 0.717) is 5.69 Å². The number of carbonyl (C=O) groups is 1. The van der Waals surface area contributed by atoms with Crippen LogP contribution in [0.4, 0.5) is 10.1 Å². The number of benzene rings is 1. The van der Waals surface area contributed by atoms with Crippen LogP contribution in [0, 0.1) is 5.82 Å². The Labute approximate surface area is 107 Å². The number of halogens is 2. The largest absolute Gasteiger partial charge is 0.506 e. The van der Waals surface area contributed by atoms with Gasteiger partial charge in [0.25, 0.3) is 5.91 Å². The lowest BCUT2D eigenvalue weighted by molar-refractivity contribution is 0.102. The number of amides is 1. The van der Waals surface area contributed by atoms with Crippen LogP contribution in [0.15, 0.2) is 36.5 Å². The second-order valence-electron chi connectivity index (χ2n) is 3.48. The number of aromatic hydroxyl groups is 1. The second-order valence-corrected chi connectivity index (χ2v) is 3.89. The summed E-state index contributed by atoms with van der Waals surface area (Å²) >= 11 is 5.70. The van der Waals surface area contributed by atoms with E-state index in [1.165, 1.54) is 24.3 Å². The number of hydrogen-bond acceptors (Lipinski definition) is 3. The molecular weight excluding hydrogens is 259 g/mol. The number of rotatable bonds is 2. The molecule has 0 atom stereocenters. The molecule has 18 heavy (non-hydrogen) atoms. The zero-order valence-electron chi connectivity index (χ0n) is 9.02. The molecule has 0 saturated carbocycles. The Morgan fingerprint density at radius 1 is 1.33 bits per heavy atom. The van der Waals surface area contributed by atoms with Gasteiger partial charge in [0.1, 0.15) is 17.3 Å². The number of nitrogens with zero attached hydrogens (tertiary/aromatic N) is 1. The number of carbonyl (C=O) groups excluding carboxylic acids is 1. The first-order valence-corrected chi connectivity index (χ1v) is 5.35. The molecule has 0 spiro atoms. The first-order valence-electron chi connectivity index (χ1n) is 4.97. The van der Waals surface area contributed by atoms with Gasteiger partial charge >= 0.3 is 0 Å². The van der Waals surface area contributed by atoms with E-state index >= 15 is 0 Å². The van der Waals surface area contributed by atoms with Crippen molar-refractivity contribution in [2.24, 2.45) is 0 Å². The fraction of sp³-hybridized carbons (Fsp3) is 0. The fourth-order valence-corrected chi connectivity index (χ4v) is 1.47. The van der Waals surface area contributed by atoms with Crippen LogP contribution in [0.1, 0.15) is 10.5 Å². The molecule has 92 valence electrons. The summed E-state index contributed by atoms with van der Waals surface area (Å²) in [6.07, 6.45) is 0.957. The molecule has 0 saturated heterocycles. The van der Waals surface area contributed by atoms with Gasteiger partial charge in [0.15, 0.2) is 0 Å². The van der Waals surface area contributed by atoms with E-state index in [0.717, 1.165) is 12.3 Å². The number of nitrogens with one attached hydrogen (secondary N) is 1. The van der Waals surface area contributed by atoms with E-state index < -0.39 is 11.7 Å². The number of phenolic OH excluding ortho intramolecular Hbond substituents is 1. The topological polar surface area (TPSA) is 62.2 Å². The molecular formula is C12H8ClFN2O2. The number of aromatic nitrogens is 1. The summed E-state index contributed by atoms with van der Waals surface area (Å²) in [7, 11) is 0. The van der Waals surface area contributed by atoms with Crippen molar-refractivity contribution in [1.82, 2.24) is 4.98 Å². The van der Waals surface area contributed by atoms with Crippen LogP contribution in [0.2, 0.25) is 5.02 Å². The predicted octanol–water partition coefficient (Wildman–Crippen LogP) is 2.83. The van der Waals surface area contributed by atoms with Gasteiger partial charge in [0, 0.05) is 5.69 Å². The number of phenols is 1. The molecule has 6 heteroatoms. The normalized spacial score (nSPS) is 10.1. The molecule has 0 fully saturated rings. The molecule has 2 rings (SSSR count). The van der Waals surface area contributed by atoms with Gasteiger partial charge in [-0.05, 0) is 30.3 Å². The summed E-state index contributed by atoms with van der Waals surface area (Å²) in [5.74, 6) is -1.08. The molecule has 2 aromatic rings. The highest BCUT2D eigenvalue weighted by molar-refractivity contribution is 6.32. The average Bonchev–Trinajstić information content (AvgIpc) is 2.34. The molecule has 0 aliphatic carbocycles. The van der Waals surface area contributed by atoms with Crippen molar-refractivity contribution in [2.45, 2.75) is 0 Å². The lowest BCUT2D eigenvalue weighted by atomic mass is 10.2. The lowest BCUT2D eigenvalue weighted by Crippen LogP contribution is -2.13. The molecule has 0 aliphatic heterocycles. The molecule has 0 unspecified atom stereocenters. The van der Waals surface area contributed by atoms with Gasteiger partial charge in [-0.15, -0.1) is 0 Å². The van der Waals surface area contributed by atoms with Gasteiger partial charge in [-0.2, -0.15) is 0 Å². The first-order chi connectivity index (χ1) is 8.56. The third kappa shape index (κ3) is 2.75. The Morgan fingerprint density at radius 2 is 2.11 bits per heavy atom. The van der Waals surface area contributed by atoms with Gasteiger partial charge in [0.05, 0.1) is 11.2 Å². The maximum atomic E-state index is 12.6. The van der Waals surface area contributed by atoms with Gasteiger partial charge in [-0.1, -0.05) is 11.6 Å². The molecule has 1 heterocycles. The second kappa shape index (κ2) is 5.01. The first kappa shape index (κ1) is 12.3. The Kier molecular flexibility index (Phi) is 3.43. The summed E-state index contributed by atoms with van der Waals surface area (Å²) in [5, 5.41) is 11.9. The summed E-state index contributed by atoms with van der Waals surface area (Å²) in [6, 6.07) is 6.66. The van der Waals surface area contributed by atoms with Crippen LogP contribution in [0.3, 0.4) is 0 Å². The van der Waals surface area contributed by atoms with Crippen LogP contribution >= 0.6 is 11.6 Å². The molecule has 0 bridgehead atoms. The van der Waals surface area contributed by atoms with Crippen LogP contribution in [-0.4, -0.2) is 16.0 Å². The smallest absolute Gasteiger partial charge is 0.274 e. The Morgan fingerprint density at radius 3 is 2.72 bits per heavy atom. The highest BCUT2D eigenvalue weighted by Crippen LogP contribution is 2.26. The lowest BCUT2D eigenvalue weighted by Gasteiger charge is -2.05.